The summed E-state index contributed by atoms with van der Waals surface area (Å²) in [6, 6.07) is 15.3. The normalized spacial score (nSPS) is 15.4. The van der Waals surface area contributed by atoms with Crippen LogP contribution in [0.25, 0.3) is 43.1 Å². The molecule has 2 heterocycles. The number of carbonyl (C=O) groups excluding carboxylic acids is 4. The van der Waals surface area contributed by atoms with Gasteiger partial charge in [0.1, 0.15) is 0 Å². The van der Waals surface area contributed by atoms with Crippen molar-refractivity contribution in [1.29, 1.82) is 0 Å². The van der Waals surface area contributed by atoms with Crippen LogP contribution in [0, 0.1) is 0 Å². The van der Waals surface area contributed by atoms with Gasteiger partial charge in [-0.1, -0.05) is 24.3 Å². The van der Waals surface area contributed by atoms with Crippen molar-refractivity contribution in [3.05, 3.63) is 70.8 Å². The van der Waals surface area contributed by atoms with Crippen LogP contribution in [0.15, 0.2) is 48.5 Å². The van der Waals surface area contributed by atoms with E-state index in [0.29, 0.717) is 46.1 Å². The highest BCUT2D eigenvalue weighted by atomic mass is 16.2. The minimum atomic E-state index is -0.248. The maximum absolute atomic E-state index is 14.0. The zero-order valence-corrected chi connectivity index (χ0v) is 29.1. The van der Waals surface area contributed by atoms with Gasteiger partial charge in [-0.25, -0.2) is 0 Å². The summed E-state index contributed by atoms with van der Waals surface area (Å²) in [5.74, 6) is -0.993. The number of imide groups is 2. The number of fused-ring (bicyclic) bond motifs is 2. The molecule has 248 valence electrons. The molecule has 48 heavy (non-hydrogen) atoms. The largest absolute Gasteiger partial charge is 0.323 e. The summed E-state index contributed by atoms with van der Waals surface area (Å²) in [5, 5.41) is 6.79. The van der Waals surface area contributed by atoms with Crippen molar-refractivity contribution >= 4 is 66.7 Å². The third-order valence-electron chi connectivity index (χ3n) is 12.4. The van der Waals surface area contributed by atoms with E-state index in [9.17, 15) is 19.2 Å². The second kappa shape index (κ2) is 11.6. The predicted octanol–water partition coefficient (Wildman–Crippen LogP) is 6.68. The van der Waals surface area contributed by atoms with Crippen LogP contribution in [0.5, 0.6) is 0 Å². The van der Waals surface area contributed by atoms with Crippen LogP contribution >= 0.6 is 0 Å². The van der Waals surface area contributed by atoms with Crippen molar-refractivity contribution in [3.8, 4) is 0 Å². The summed E-state index contributed by atoms with van der Waals surface area (Å²) in [6.45, 7) is 20.8. The summed E-state index contributed by atoms with van der Waals surface area (Å²) < 4.78 is 1.70. The molecule has 0 radical (unpaired) electrons. The molecule has 8 heteroatoms. The summed E-state index contributed by atoms with van der Waals surface area (Å²) in [7, 11) is 0. The van der Waals surface area contributed by atoms with Gasteiger partial charge in [0.25, 0.3) is 23.6 Å². The highest BCUT2D eigenvalue weighted by molar-refractivity contribution is 6.41. The Bertz CT molecular complexity index is 1870. The topological polar surface area (TPSA) is 74.8 Å². The van der Waals surface area contributed by atoms with Gasteiger partial charge in [-0.2, -0.15) is 0 Å². The second-order valence-electron chi connectivity index (χ2n) is 13.7. The third kappa shape index (κ3) is 4.35. The van der Waals surface area contributed by atoms with Crippen LogP contribution in [-0.4, -0.2) is 108 Å². The molecule has 2 aliphatic heterocycles. The van der Waals surface area contributed by atoms with E-state index in [2.05, 4.69) is 41.5 Å². The molecule has 0 saturated carbocycles. The Morgan fingerprint density at radius 1 is 0.396 bits per heavy atom. The van der Waals surface area contributed by atoms with Gasteiger partial charge < -0.3 is 8.97 Å². The standard InChI is InChI=1S/C40H46N4O4/c1-7-43(8-2,9-3)23-21-41-37(45)29-17-13-25-27-15-19-31-36-32(40(48)42(39(31)47)22-24-44(10-4,11-5)12-6)20-16-28(34(27)36)26-14-18-30(38(41)46)35(29)33(25)26/h13-20H,7-12,21-24H2,1-6H3/q+2. The maximum Gasteiger partial charge on any atom is 0.261 e. The molecule has 8 nitrogen and oxygen atoms in total. The number of amides is 4. The smallest absolute Gasteiger partial charge is 0.261 e. The van der Waals surface area contributed by atoms with Gasteiger partial charge >= 0.3 is 0 Å². The number of likely N-dealkylation sites (N-methyl/N-ethyl adjacent to an activating group) is 2. The summed E-state index contributed by atoms with van der Waals surface area (Å²) in [4.78, 5) is 58.8. The Morgan fingerprint density at radius 2 is 0.646 bits per heavy atom. The number of quaternary nitrogens is 2. The van der Waals surface area contributed by atoms with E-state index in [-0.39, 0.29) is 23.6 Å². The van der Waals surface area contributed by atoms with Crippen molar-refractivity contribution in [3.63, 3.8) is 0 Å². The van der Waals surface area contributed by atoms with Gasteiger partial charge in [-0.05, 0) is 98.1 Å². The number of benzene rings is 5. The first-order valence-electron chi connectivity index (χ1n) is 17.8. The first-order chi connectivity index (χ1) is 23.1. The van der Waals surface area contributed by atoms with Crippen molar-refractivity contribution in [2.24, 2.45) is 0 Å². The zero-order chi connectivity index (χ0) is 34.1. The number of hydrogen-bond acceptors (Lipinski definition) is 4. The lowest BCUT2D eigenvalue weighted by Crippen LogP contribution is -2.53. The molecule has 0 spiro atoms. The average molecular weight is 647 g/mol. The highest BCUT2D eigenvalue weighted by Gasteiger charge is 2.38. The number of rotatable bonds is 12. The molecule has 0 aliphatic carbocycles. The van der Waals surface area contributed by atoms with Gasteiger partial charge in [0.2, 0.25) is 0 Å². The zero-order valence-electron chi connectivity index (χ0n) is 29.1. The van der Waals surface area contributed by atoms with Gasteiger partial charge in [0.05, 0.1) is 65.4 Å². The van der Waals surface area contributed by atoms with E-state index in [4.69, 9.17) is 0 Å². The van der Waals surface area contributed by atoms with Gasteiger partial charge in [0, 0.05) is 33.0 Å². The molecule has 0 aromatic heterocycles. The van der Waals surface area contributed by atoms with Crippen LogP contribution in [0.1, 0.15) is 83.0 Å². The van der Waals surface area contributed by atoms with E-state index >= 15 is 0 Å². The molecule has 5 aromatic carbocycles. The second-order valence-corrected chi connectivity index (χ2v) is 13.7. The van der Waals surface area contributed by atoms with Crippen LogP contribution in [0.3, 0.4) is 0 Å². The van der Waals surface area contributed by atoms with Crippen LogP contribution in [0.4, 0.5) is 0 Å². The quantitative estimate of drug-likeness (QED) is 0.0656. The molecule has 0 atom stereocenters. The fourth-order valence-corrected chi connectivity index (χ4v) is 8.69. The van der Waals surface area contributed by atoms with E-state index in [0.717, 1.165) is 93.6 Å². The highest BCUT2D eigenvalue weighted by Crippen LogP contribution is 2.46. The minimum absolute atomic E-state index is 0.248. The van der Waals surface area contributed by atoms with Crippen molar-refractivity contribution in [2.75, 3.05) is 65.4 Å². The monoisotopic (exact) mass is 646 g/mol. The number of carbonyl (C=O) groups is 4. The minimum Gasteiger partial charge on any atom is -0.323 e. The van der Waals surface area contributed by atoms with E-state index in [1.165, 1.54) is 9.80 Å². The fourth-order valence-electron chi connectivity index (χ4n) is 8.69. The van der Waals surface area contributed by atoms with Crippen LogP contribution in [-0.2, 0) is 0 Å². The van der Waals surface area contributed by atoms with Crippen molar-refractivity contribution in [2.45, 2.75) is 41.5 Å². The lowest BCUT2D eigenvalue weighted by molar-refractivity contribution is -0.922. The molecule has 0 saturated heterocycles. The molecule has 2 aliphatic rings. The molecule has 0 N–H and O–H groups in total. The van der Waals surface area contributed by atoms with E-state index in [1.807, 2.05) is 48.5 Å². The third-order valence-corrected chi connectivity index (χ3v) is 12.4. The Labute approximate surface area is 282 Å². The SMILES string of the molecule is CC[N+](CC)(CC)CCN1C(=O)c2ccc3c4ccc5c6c(ccc(c7ccc(c2c37)C1=O)c64)C(=O)N(CC[N+](CC)(CC)CC)C5=O. The Morgan fingerprint density at radius 3 is 0.875 bits per heavy atom. The van der Waals surface area contributed by atoms with E-state index < -0.39 is 0 Å². The predicted molar refractivity (Wildman–Crippen MR) is 192 cm³/mol. The summed E-state index contributed by atoms with van der Waals surface area (Å²) >= 11 is 0. The molecule has 7 rings (SSSR count). The maximum atomic E-state index is 14.0. The molecule has 0 fully saturated rings. The molecule has 5 aromatic rings. The lowest BCUT2D eigenvalue weighted by Gasteiger charge is -2.38. The lowest BCUT2D eigenvalue weighted by atomic mass is 9.82. The number of nitrogens with zero attached hydrogens (tertiary/aromatic N) is 4. The van der Waals surface area contributed by atoms with Gasteiger partial charge in [0.15, 0.2) is 0 Å². The molecule has 4 amide bonds. The fraction of sp³-hybridized carbons (Fsp3) is 0.400. The Hall–Kier alpha value is -4.40. The van der Waals surface area contributed by atoms with Crippen LogP contribution in [0.2, 0.25) is 0 Å². The number of hydrogen-bond donors (Lipinski definition) is 0. The first-order valence-corrected chi connectivity index (χ1v) is 17.8. The molecular weight excluding hydrogens is 600 g/mol. The molecule has 0 bridgehead atoms. The van der Waals surface area contributed by atoms with E-state index in [1.54, 1.807) is 0 Å². The molecular formula is C40H46N4O4+2. The first kappa shape index (κ1) is 32.2. The van der Waals surface area contributed by atoms with Gasteiger partial charge in [-0.3, -0.25) is 29.0 Å². The summed E-state index contributed by atoms with van der Waals surface area (Å²) in [6.07, 6.45) is 0. The van der Waals surface area contributed by atoms with Crippen LogP contribution < -0.4 is 0 Å². The van der Waals surface area contributed by atoms with Crippen molar-refractivity contribution < 1.29 is 28.1 Å². The Kier molecular flexibility index (Phi) is 7.80. The Balaban J connectivity index is 1.36. The molecule has 0 unspecified atom stereocenters. The summed E-state index contributed by atoms with van der Waals surface area (Å²) in [5.41, 5.74) is 2.18. The van der Waals surface area contributed by atoms with Gasteiger partial charge in [-0.15, -0.1) is 0 Å². The average Bonchev–Trinajstić information content (AvgIpc) is 3.12. The van der Waals surface area contributed by atoms with Crippen molar-refractivity contribution in [1.82, 2.24) is 9.80 Å².